The van der Waals surface area contributed by atoms with Gasteiger partial charge in [0.1, 0.15) is 0 Å². The van der Waals surface area contributed by atoms with E-state index in [1.54, 1.807) is 0 Å². The van der Waals surface area contributed by atoms with Crippen molar-refractivity contribution in [2.45, 2.75) is 6.42 Å². The van der Waals surface area contributed by atoms with Gasteiger partial charge in [0.25, 0.3) is 5.91 Å². The second-order valence-corrected chi connectivity index (χ2v) is 4.47. The summed E-state index contributed by atoms with van der Waals surface area (Å²) in [5.41, 5.74) is 5.98. The predicted molar refractivity (Wildman–Crippen MR) is 74.0 cm³/mol. The van der Waals surface area contributed by atoms with Gasteiger partial charge in [0.05, 0.1) is 18.1 Å². The summed E-state index contributed by atoms with van der Waals surface area (Å²) in [5, 5.41) is 8.83. The van der Waals surface area contributed by atoms with E-state index in [2.05, 4.69) is 0 Å². The molecule has 0 aromatic heterocycles. The number of hydrogen-bond donors (Lipinski definition) is 1. The zero-order valence-electron chi connectivity index (χ0n) is 10.9. The molecule has 0 aliphatic rings. The molecule has 0 saturated heterocycles. The van der Waals surface area contributed by atoms with Gasteiger partial charge in [-0.15, -0.1) is 0 Å². The van der Waals surface area contributed by atoms with Crippen LogP contribution in [-0.2, 0) is 9.53 Å². The van der Waals surface area contributed by atoms with Crippen LogP contribution in [0.3, 0.4) is 0 Å². The van der Waals surface area contributed by atoms with Gasteiger partial charge in [-0.2, -0.15) is 5.26 Å². The Kier molecular flexibility index (Phi) is 5.81. The Morgan fingerprint density at radius 3 is 2.80 bits per heavy atom. The lowest BCUT2D eigenvalue weighted by atomic mass is 10.2. The first-order valence-corrected chi connectivity index (χ1v) is 6.16. The number of rotatable bonds is 5. The van der Waals surface area contributed by atoms with Gasteiger partial charge in [-0.3, -0.25) is 4.79 Å². The number of nitrogen functional groups attached to an aromatic ring is 1. The van der Waals surface area contributed by atoms with E-state index in [1.165, 1.54) is 30.1 Å². The fraction of sp³-hybridized carbons (Fsp3) is 0.308. The van der Waals surface area contributed by atoms with Gasteiger partial charge in [0, 0.05) is 24.3 Å². The Hall–Kier alpha value is -2.26. The van der Waals surface area contributed by atoms with Gasteiger partial charge in [0.2, 0.25) is 0 Å². The number of nitrogens with two attached hydrogens (primary N) is 1. The lowest BCUT2D eigenvalue weighted by molar-refractivity contribution is -0.133. The van der Waals surface area contributed by atoms with Crippen LogP contribution in [0.1, 0.15) is 16.8 Å². The van der Waals surface area contributed by atoms with Crippen molar-refractivity contribution in [2.75, 3.05) is 25.9 Å². The number of nitrogens with zero attached hydrogens (tertiary/aromatic N) is 2. The van der Waals surface area contributed by atoms with Gasteiger partial charge in [-0.1, -0.05) is 11.6 Å². The molecule has 1 aromatic rings. The van der Waals surface area contributed by atoms with E-state index >= 15 is 0 Å². The van der Waals surface area contributed by atoms with E-state index in [0.29, 0.717) is 5.02 Å². The number of carbonyl (C=O) groups excluding carboxylic acids is 2. The standard InChI is InChI=1S/C13H14ClN3O3/c1-17(6-2-5-15)12(18)8-20-13(19)10-4-3-9(14)7-11(10)16/h3-4,7H,2,6,8,16H2,1H3. The zero-order valence-corrected chi connectivity index (χ0v) is 11.7. The van der Waals surface area contributed by atoms with Crippen LogP contribution in [0.5, 0.6) is 0 Å². The molecule has 0 aliphatic carbocycles. The number of benzene rings is 1. The molecule has 6 nitrogen and oxygen atoms in total. The summed E-state index contributed by atoms with van der Waals surface area (Å²) in [6, 6.07) is 6.30. The SMILES string of the molecule is CN(CCC#N)C(=O)COC(=O)c1ccc(Cl)cc1N. The lowest BCUT2D eigenvalue weighted by Crippen LogP contribution is -2.32. The van der Waals surface area contributed by atoms with Crippen LogP contribution in [0.25, 0.3) is 0 Å². The number of ether oxygens (including phenoxy) is 1. The van der Waals surface area contributed by atoms with Crippen molar-refractivity contribution in [1.82, 2.24) is 4.90 Å². The number of hydrogen-bond acceptors (Lipinski definition) is 5. The minimum absolute atomic E-state index is 0.155. The number of carbonyl (C=O) groups is 2. The normalized spacial score (nSPS) is 9.65. The van der Waals surface area contributed by atoms with Crippen molar-refractivity contribution < 1.29 is 14.3 Å². The first-order chi connectivity index (χ1) is 9.45. The molecule has 1 amide bonds. The van der Waals surface area contributed by atoms with Gasteiger partial charge >= 0.3 is 5.97 Å². The topological polar surface area (TPSA) is 96.4 Å². The summed E-state index contributed by atoms with van der Waals surface area (Å²) in [6.07, 6.45) is 0.223. The van der Waals surface area contributed by atoms with Crippen LogP contribution < -0.4 is 5.73 Å². The number of likely N-dealkylation sites (N-methyl/N-ethyl adjacent to an activating group) is 1. The molecule has 1 rings (SSSR count). The maximum Gasteiger partial charge on any atom is 0.340 e. The summed E-state index contributed by atoms with van der Waals surface area (Å²) in [5.74, 6) is -1.08. The average Bonchev–Trinajstić information content (AvgIpc) is 2.41. The van der Waals surface area contributed by atoms with E-state index < -0.39 is 12.6 Å². The molecule has 106 valence electrons. The number of esters is 1. The van der Waals surface area contributed by atoms with Crippen LogP contribution in [-0.4, -0.2) is 37.0 Å². The van der Waals surface area contributed by atoms with Crippen molar-refractivity contribution in [3.05, 3.63) is 28.8 Å². The Morgan fingerprint density at radius 1 is 1.50 bits per heavy atom. The maximum atomic E-state index is 11.7. The highest BCUT2D eigenvalue weighted by Gasteiger charge is 2.15. The van der Waals surface area contributed by atoms with Gasteiger partial charge in [-0.25, -0.2) is 4.79 Å². The molecule has 1 aromatic carbocycles. The third-order valence-corrected chi connectivity index (χ3v) is 2.78. The molecular formula is C13H14ClN3O3. The van der Waals surface area contributed by atoms with Crippen molar-refractivity contribution in [1.29, 1.82) is 5.26 Å². The minimum Gasteiger partial charge on any atom is -0.452 e. The zero-order chi connectivity index (χ0) is 15.1. The second kappa shape index (κ2) is 7.36. The Labute approximate surface area is 121 Å². The Morgan fingerprint density at radius 2 is 2.20 bits per heavy atom. The van der Waals surface area contributed by atoms with Crippen LogP contribution in [0.15, 0.2) is 18.2 Å². The Balaban J connectivity index is 2.55. The first kappa shape index (κ1) is 15.8. The maximum absolute atomic E-state index is 11.7. The lowest BCUT2D eigenvalue weighted by Gasteiger charge is -2.15. The highest BCUT2D eigenvalue weighted by molar-refractivity contribution is 6.31. The van der Waals surface area contributed by atoms with E-state index in [0.717, 1.165) is 0 Å². The summed E-state index contributed by atoms with van der Waals surface area (Å²) < 4.78 is 4.88. The fourth-order valence-corrected chi connectivity index (χ4v) is 1.56. The van der Waals surface area contributed by atoms with E-state index in [-0.39, 0.29) is 30.1 Å². The number of anilines is 1. The molecular weight excluding hydrogens is 282 g/mol. The van der Waals surface area contributed by atoms with E-state index in [4.69, 9.17) is 27.3 Å². The molecule has 0 radical (unpaired) electrons. The molecule has 0 atom stereocenters. The summed E-state index contributed by atoms with van der Waals surface area (Å²) >= 11 is 5.72. The molecule has 2 N–H and O–H groups in total. The second-order valence-electron chi connectivity index (χ2n) is 4.03. The summed E-state index contributed by atoms with van der Waals surface area (Å²) in [4.78, 5) is 24.7. The quantitative estimate of drug-likeness (QED) is 0.655. The number of halogens is 1. The minimum atomic E-state index is -0.693. The van der Waals surface area contributed by atoms with Crippen molar-refractivity contribution in [2.24, 2.45) is 0 Å². The highest BCUT2D eigenvalue weighted by Crippen LogP contribution is 2.18. The fourth-order valence-electron chi connectivity index (χ4n) is 1.38. The van der Waals surface area contributed by atoms with E-state index in [9.17, 15) is 9.59 Å². The molecule has 0 unspecified atom stereocenters. The number of amides is 1. The van der Waals surface area contributed by atoms with Crippen LogP contribution in [0.2, 0.25) is 5.02 Å². The first-order valence-electron chi connectivity index (χ1n) is 5.78. The molecule has 7 heteroatoms. The van der Waals surface area contributed by atoms with Crippen molar-refractivity contribution in [3.63, 3.8) is 0 Å². The monoisotopic (exact) mass is 295 g/mol. The average molecular weight is 296 g/mol. The van der Waals surface area contributed by atoms with Gasteiger partial charge in [0.15, 0.2) is 6.61 Å². The van der Waals surface area contributed by atoms with Crippen LogP contribution in [0.4, 0.5) is 5.69 Å². The van der Waals surface area contributed by atoms with Gasteiger partial charge < -0.3 is 15.4 Å². The third-order valence-electron chi connectivity index (χ3n) is 2.55. The molecule has 0 saturated carbocycles. The van der Waals surface area contributed by atoms with Gasteiger partial charge in [-0.05, 0) is 18.2 Å². The van der Waals surface area contributed by atoms with E-state index in [1.807, 2.05) is 6.07 Å². The number of nitriles is 1. The molecule has 20 heavy (non-hydrogen) atoms. The molecule has 0 aliphatic heterocycles. The summed E-state index contributed by atoms with van der Waals surface area (Å²) in [6.45, 7) is -0.112. The molecule has 0 bridgehead atoms. The predicted octanol–water partition coefficient (Wildman–Crippen LogP) is 1.45. The Bertz CT molecular complexity index is 554. The van der Waals surface area contributed by atoms with Crippen LogP contribution in [0, 0.1) is 11.3 Å². The van der Waals surface area contributed by atoms with Crippen LogP contribution >= 0.6 is 11.6 Å². The highest BCUT2D eigenvalue weighted by atomic mass is 35.5. The van der Waals surface area contributed by atoms with Crippen molar-refractivity contribution in [3.8, 4) is 6.07 Å². The molecule has 0 heterocycles. The smallest absolute Gasteiger partial charge is 0.340 e. The molecule has 0 fully saturated rings. The third kappa shape index (κ3) is 4.44. The summed E-state index contributed by atoms with van der Waals surface area (Å²) in [7, 11) is 1.53. The largest absolute Gasteiger partial charge is 0.452 e. The van der Waals surface area contributed by atoms with Crippen molar-refractivity contribution >= 4 is 29.2 Å². The molecule has 0 spiro atoms.